The Morgan fingerprint density at radius 1 is 1.03 bits per heavy atom. The van der Waals surface area contributed by atoms with Gasteiger partial charge in [0.15, 0.2) is 11.6 Å². The van der Waals surface area contributed by atoms with Crippen molar-refractivity contribution in [3.63, 3.8) is 0 Å². The first-order chi connectivity index (χ1) is 13.9. The Bertz CT molecular complexity index is 913. The average Bonchev–Trinajstić information content (AvgIpc) is 2.73. The second-order valence-electron chi connectivity index (χ2n) is 6.85. The van der Waals surface area contributed by atoms with Gasteiger partial charge in [-0.15, -0.1) is 0 Å². The van der Waals surface area contributed by atoms with E-state index >= 15 is 0 Å². The lowest BCUT2D eigenvalue weighted by molar-refractivity contribution is 0.0559. The lowest BCUT2D eigenvalue weighted by atomic mass is 10.2. The van der Waals surface area contributed by atoms with Gasteiger partial charge in [-0.05, 0) is 23.8 Å². The standard InChI is InChI=1S/C21H25FN2O4S/c22-20-8-4-5-9-21(20)28-17-19(25)16-23-11-13-24(14-12-23)29(26,27)15-10-18-6-2-1-3-7-18/h1-10,15,19,25H,11-14,16-17H2/b15-10+/t19-/m1/s1. The van der Waals surface area contributed by atoms with Crippen molar-refractivity contribution in [2.75, 3.05) is 39.3 Å². The van der Waals surface area contributed by atoms with Crippen molar-refractivity contribution in [3.8, 4) is 5.75 Å². The topological polar surface area (TPSA) is 70.1 Å². The maximum atomic E-state index is 13.5. The van der Waals surface area contributed by atoms with Gasteiger partial charge in [-0.2, -0.15) is 4.31 Å². The number of rotatable bonds is 8. The highest BCUT2D eigenvalue weighted by Crippen LogP contribution is 2.16. The maximum Gasteiger partial charge on any atom is 0.236 e. The number of hydrogen-bond acceptors (Lipinski definition) is 5. The number of benzene rings is 2. The first kappa shape index (κ1) is 21.4. The highest BCUT2D eigenvalue weighted by atomic mass is 32.2. The molecule has 0 unspecified atom stereocenters. The summed E-state index contributed by atoms with van der Waals surface area (Å²) < 4.78 is 45.3. The smallest absolute Gasteiger partial charge is 0.236 e. The van der Waals surface area contributed by atoms with Gasteiger partial charge in [-0.1, -0.05) is 42.5 Å². The summed E-state index contributed by atoms with van der Waals surface area (Å²) in [6, 6.07) is 15.3. The Hall–Kier alpha value is -2.26. The molecule has 0 spiro atoms. The van der Waals surface area contributed by atoms with Gasteiger partial charge in [0.1, 0.15) is 12.7 Å². The van der Waals surface area contributed by atoms with Gasteiger partial charge in [0.25, 0.3) is 0 Å². The molecule has 0 radical (unpaired) electrons. The van der Waals surface area contributed by atoms with E-state index in [9.17, 15) is 17.9 Å². The number of nitrogens with zero attached hydrogens (tertiary/aromatic N) is 2. The van der Waals surface area contributed by atoms with Crippen LogP contribution in [0.5, 0.6) is 5.75 Å². The molecule has 0 aromatic heterocycles. The minimum absolute atomic E-state index is 0.0285. The molecule has 8 heteroatoms. The molecule has 3 rings (SSSR count). The largest absolute Gasteiger partial charge is 0.488 e. The maximum absolute atomic E-state index is 13.5. The second kappa shape index (κ2) is 9.98. The monoisotopic (exact) mass is 420 g/mol. The molecule has 0 bridgehead atoms. The van der Waals surface area contributed by atoms with Gasteiger partial charge >= 0.3 is 0 Å². The van der Waals surface area contributed by atoms with Crippen LogP contribution in [0.15, 0.2) is 60.0 Å². The summed E-state index contributed by atoms with van der Waals surface area (Å²) in [7, 11) is -3.49. The first-order valence-electron chi connectivity index (χ1n) is 9.45. The van der Waals surface area contributed by atoms with E-state index in [0.717, 1.165) is 5.56 Å². The van der Waals surface area contributed by atoms with Gasteiger partial charge in [-0.25, -0.2) is 12.8 Å². The number of ether oxygens (including phenoxy) is 1. The van der Waals surface area contributed by atoms with E-state index < -0.39 is 21.9 Å². The van der Waals surface area contributed by atoms with Crippen LogP contribution in [-0.4, -0.2) is 68.2 Å². The minimum atomic E-state index is -3.49. The van der Waals surface area contributed by atoms with Crippen molar-refractivity contribution in [1.82, 2.24) is 9.21 Å². The van der Waals surface area contributed by atoms with E-state index in [1.54, 1.807) is 18.2 Å². The molecule has 1 saturated heterocycles. The zero-order chi connectivity index (χ0) is 20.7. The van der Waals surface area contributed by atoms with Gasteiger partial charge in [0.05, 0.1) is 0 Å². The SMILES string of the molecule is O=S(=O)(/C=C/c1ccccc1)N1CCN(C[C@@H](O)COc2ccccc2F)CC1. The van der Waals surface area contributed by atoms with Crippen molar-refractivity contribution in [2.24, 2.45) is 0 Å². The van der Waals surface area contributed by atoms with Crippen LogP contribution in [0.2, 0.25) is 0 Å². The number of hydrogen-bond donors (Lipinski definition) is 1. The summed E-state index contributed by atoms with van der Waals surface area (Å²) >= 11 is 0. The zero-order valence-corrected chi connectivity index (χ0v) is 16.8. The predicted octanol–water partition coefficient (Wildman–Crippen LogP) is 2.18. The molecule has 0 saturated carbocycles. The lowest BCUT2D eigenvalue weighted by Crippen LogP contribution is -2.50. The number of para-hydroxylation sites is 1. The normalized spacial score (nSPS) is 17.4. The van der Waals surface area contributed by atoms with Crippen LogP contribution in [-0.2, 0) is 10.0 Å². The molecule has 1 N–H and O–H groups in total. The Morgan fingerprint density at radius 2 is 1.69 bits per heavy atom. The number of aliphatic hydroxyl groups is 1. The van der Waals surface area contributed by atoms with E-state index in [1.807, 2.05) is 35.2 Å². The first-order valence-corrected chi connectivity index (χ1v) is 11.0. The quantitative estimate of drug-likeness (QED) is 0.709. The lowest BCUT2D eigenvalue weighted by Gasteiger charge is -2.34. The average molecular weight is 421 g/mol. The number of sulfonamides is 1. The Kier molecular flexibility index (Phi) is 7.38. The summed E-state index contributed by atoms with van der Waals surface area (Å²) in [5, 5.41) is 11.4. The summed E-state index contributed by atoms with van der Waals surface area (Å²) in [6.45, 7) is 2.02. The van der Waals surface area contributed by atoms with Gasteiger partial charge < -0.3 is 9.84 Å². The second-order valence-corrected chi connectivity index (χ2v) is 8.67. The van der Waals surface area contributed by atoms with Crippen LogP contribution in [0.25, 0.3) is 6.08 Å². The Labute approximate surface area is 170 Å². The van der Waals surface area contributed by atoms with Crippen LogP contribution >= 0.6 is 0 Å². The number of halogens is 1. The molecule has 2 aromatic carbocycles. The molecule has 2 aromatic rings. The fourth-order valence-corrected chi connectivity index (χ4v) is 4.25. The van der Waals surface area contributed by atoms with Gasteiger partial charge in [0.2, 0.25) is 10.0 Å². The molecule has 0 amide bonds. The third kappa shape index (κ3) is 6.37. The fraction of sp³-hybridized carbons (Fsp3) is 0.333. The summed E-state index contributed by atoms with van der Waals surface area (Å²) in [5.41, 5.74) is 0.827. The molecule has 1 heterocycles. The van der Waals surface area contributed by atoms with E-state index in [0.29, 0.717) is 32.7 Å². The fourth-order valence-electron chi connectivity index (χ4n) is 3.08. The summed E-state index contributed by atoms with van der Waals surface area (Å²) in [5.74, 6) is -0.366. The molecular formula is C21H25FN2O4S. The van der Waals surface area contributed by atoms with Crippen LogP contribution in [0.4, 0.5) is 4.39 Å². The van der Waals surface area contributed by atoms with Gasteiger partial charge in [0, 0.05) is 38.1 Å². The molecule has 1 aliphatic heterocycles. The van der Waals surface area contributed by atoms with Crippen molar-refractivity contribution in [2.45, 2.75) is 6.10 Å². The van der Waals surface area contributed by atoms with Crippen molar-refractivity contribution >= 4 is 16.1 Å². The van der Waals surface area contributed by atoms with E-state index in [2.05, 4.69) is 0 Å². The summed E-state index contributed by atoms with van der Waals surface area (Å²) in [4.78, 5) is 1.97. The number of aliphatic hydroxyl groups excluding tert-OH is 1. The van der Waals surface area contributed by atoms with Crippen molar-refractivity contribution in [1.29, 1.82) is 0 Å². The third-order valence-corrected chi connectivity index (χ3v) is 6.22. The molecule has 29 heavy (non-hydrogen) atoms. The number of β-amino-alcohol motifs (C(OH)–C–C–N with tert-alkyl or cyclic N) is 1. The van der Waals surface area contributed by atoms with Gasteiger partial charge in [-0.3, -0.25) is 4.90 Å². The van der Waals surface area contributed by atoms with Crippen LogP contribution in [0.3, 0.4) is 0 Å². The molecule has 1 fully saturated rings. The van der Waals surface area contributed by atoms with Crippen molar-refractivity contribution in [3.05, 3.63) is 71.4 Å². The predicted molar refractivity (Wildman–Crippen MR) is 110 cm³/mol. The molecular weight excluding hydrogens is 395 g/mol. The molecule has 1 atom stereocenters. The van der Waals surface area contributed by atoms with Crippen LogP contribution in [0, 0.1) is 5.82 Å². The molecule has 6 nitrogen and oxygen atoms in total. The molecule has 156 valence electrons. The van der Waals surface area contributed by atoms with Crippen molar-refractivity contribution < 1.29 is 22.7 Å². The summed E-state index contributed by atoms with van der Waals surface area (Å²) in [6.07, 6.45) is 0.793. The van der Waals surface area contributed by atoms with Crippen LogP contribution in [0.1, 0.15) is 5.56 Å². The Balaban J connectivity index is 1.45. The molecule has 1 aliphatic rings. The highest BCUT2D eigenvalue weighted by molar-refractivity contribution is 7.92. The van der Waals surface area contributed by atoms with E-state index in [1.165, 1.54) is 21.8 Å². The van der Waals surface area contributed by atoms with E-state index in [-0.39, 0.29) is 12.4 Å². The van der Waals surface area contributed by atoms with E-state index in [4.69, 9.17) is 4.74 Å². The third-order valence-electron chi connectivity index (χ3n) is 4.66. The highest BCUT2D eigenvalue weighted by Gasteiger charge is 2.26. The Morgan fingerprint density at radius 3 is 2.38 bits per heavy atom. The zero-order valence-electron chi connectivity index (χ0n) is 16.0. The minimum Gasteiger partial charge on any atom is -0.488 e. The number of piperazine rings is 1. The molecule has 0 aliphatic carbocycles. The van der Waals surface area contributed by atoms with Crippen LogP contribution < -0.4 is 4.74 Å².